The Labute approximate surface area is 167 Å². The summed E-state index contributed by atoms with van der Waals surface area (Å²) < 4.78 is 108. The maximum Gasteiger partial charge on any atom is 0.534 e. The molecular weight excluding hydrogens is 442 g/mol. The van der Waals surface area contributed by atoms with E-state index < -0.39 is 45.5 Å². The van der Waals surface area contributed by atoms with Gasteiger partial charge in [-0.3, -0.25) is 4.79 Å². The lowest BCUT2D eigenvalue weighted by molar-refractivity contribution is -0.140. The van der Waals surface area contributed by atoms with Crippen molar-refractivity contribution >= 4 is 16.1 Å². The number of ether oxygens (including phenoxy) is 1. The number of esters is 1. The predicted octanol–water partition coefficient (Wildman–Crippen LogP) is 4.62. The Bertz CT molecular complexity index is 1040. The molecule has 0 aliphatic carbocycles. The van der Waals surface area contributed by atoms with E-state index in [4.69, 9.17) is 0 Å². The lowest BCUT2D eigenvalue weighted by atomic mass is 9.96. The van der Waals surface area contributed by atoms with Gasteiger partial charge in [-0.15, -0.1) is 0 Å². The van der Waals surface area contributed by atoms with E-state index in [1.165, 1.54) is 13.0 Å². The van der Waals surface area contributed by atoms with E-state index in [2.05, 4.69) is 8.92 Å². The lowest BCUT2D eigenvalue weighted by Gasteiger charge is -2.16. The molecule has 0 atom stereocenters. The average Bonchev–Trinajstić information content (AvgIpc) is 2.63. The van der Waals surface area contributed by atoms with Crippen LogP contribution in [0.3, 0.4) is 0 Å². The fourth-order valence-corrected chi connectivity index (χ4v) is 2.93. The monoisotopic (exact) mass is 456 g/mol. The first-order chi connectivity index (χ1) is 13.7. The van der Waals surface area contributed by atoms with Crippen LogP contribution in [0.1, 0.15) is 16.7 Å². The molecule has 0 radical (unpaired) electrons. The van der Waals surface area contributed by atoms with Gasteiger partial charge >= 0.3 is 27.8 Å². The number of methoxy groups -OCH3 is 1. The molecule has 0 fully saturated rings. The molecule has 0 amide bonds. The average molecular weight is 456 g/mol. The van der Waals surface area contributed by atoms with Gasteiger partial charge in [-0.2, -0.15) is 34.8 Å². The van der Waals surface area contributed by atoms with Crippen LogP contribution < -0.4 is 4.18 Å². The summed E-state index contributed by atoms with van der Waals surface area (Å²) in [5, 5.41) is 0. The van der Waals surface area contributed by atoms with Crippen LogP contribution in [0.4, 0.5) is 26.3 Å². The summed E-state index contributed by atoms with van der Waals surface area (Å²) in [5.41, 5.74) is -6.49. The number of rotatable bonds is 5. The van der Waals surface area contributed by atoms with Crippen molar-refractivity contribution in [1.29, 1.82) is 0 Å². The van der Waals surface area contributed by atoms with Gasteiger partial charge in [-0.05, 0) is 47.4 Å². The minimum Gasteiger partial charge on any atom is -0.469 e. The van der Waals surface area contributed by atoms with E-state index in [9.17, 15) is 39.6 Å². The number of halogens is 6. The van der Waals surface area contributed by atoms with Gasteiger partial charge in [0, 0.05) is 0 Å². The van der Waals surface area contributed by atoms with Crippen LogP contribution in [0.2, 0.25) is 0 Å². The summed E-state index contributed by atoms with van der Waals surface area (Å²) in [7, 11) is -4.94. The van der Waals surface area contributed by atoms with E-state index >= 15 is 0 Å². The number of hydrogen-bond acceptors (Lipinski definition) is 5. The molecule has 0 heterocycles. The quantitative estimate of drug-likeness (QED) is 0.284. The van der Waals surface area contributed by atoms with E-state index in [0.717, 1.165) is 37.4 Å². The fourth-order valence-electron chi connectivity index (χ4n) is 2.43. The Morgan fingerprint density at radius 1 is 0.967 bits per heavy atom. The molecule has 0 spiro atoms. The first kappa shape index (κ1) is 23.5. The molecule has 0 saturated carbocycles. The molecule has 164 valence electrons. The Morgan fingerprint density at radius 3 is 2.00 bits per heavy atom. The topological polar surface area (TPSA) is 69.7 Å². The number of carbonyl (C=O) groups is 1. The molecule has 30 heavy (non-hydrogen) atoms. The second-order valence-corrected chi connectivity index (χ2v) is 7.61. The summed E-state index contributed by atoms with van der Waals surface area (Å²) in [6, 6.07) is 5.86. The summed E-state index contributed by atoms with van der Waals surface area (Å²) in [6.45, 7) is 1.23. The third-order valence-corrected chi connectivity index (χ3v) is 5.02. The highest BCUT2D eigenvalue weighted by Crippen LogP contribution is 2.36. The van der Waals surface area contributed by atoms with Crippen molar-refractivity contribution in [2.45, 2.75) is 25.0 Å². The van der Waals surface area contributed by atoms with Gasteiger partial charge in [0.2, 0.25) is 0 Å². The van der Waals surface area contributed by atoms with Crippen LogP contribution in [0.5, 0.6) is 5.75 Å². The van der Waals surface area contributed by atoms with Gasteiger partial charge in [-0.1, -0.05) is 18.2 Å². The Balaban J connectivity index is 2.60. The third-order valence-electron chi connectivity index (χ3n) is 4.06. The summed E-state index contributed by atoms with van der Waals surface area (Å²) >= 11 is 0. The molecule has 2 aromatic carbocycles. The molecule has 0 N–H and O–H groups in total. The van der Waals surface area contributed by atoms with Crippen molar-refractivity contribution in [2.24, 2.45) is 0 Å². The van der Waals surface area contributed by atoms with E-state index in [1.54, 1.807) is 0 Å². The number of hydrogen-bond donors (Lipinski definition) is 0. The van der Waals surface area contributed by atoms with Gasteiger partial charge in [0.25, 0.3) is 0 Å². The van der Waals surface area contributed by atoms with Gasteiger partial charge in [-0.25, -0.2) is 0 Å². The molecule has 2 rings (SSSR count). The smallest absolute Gasteiger partial charge is 0.469 e. The molecule has 0 aliphatic rings. The molecule has 0 aliphatic heterocycles. The minimum absolute atomic E-state index is 0.0422. The molecule has 12 heteroatoms. The normalized spacial score (nSPS) is 12.5. The predicted molar refractivity (Wildman–Crippen MR) is 92.9 cm³/mol. The third kappa shape index (κ3) is 5.23. The first-order valence-electron chi connectivity index (χ1n) is 8.04. The van der Waals surface area contributed by atoms with Crippen LogP contribution in [-0.2, 0) is 32.2 Å². The van der Waals surface area contributed by atoms with Crippen LogP contribution in [-0.4, -0.2) is 27.0 Å². The van der Waals surface area contributed by atoms with Crippen molar-refractivity contribution in [3.8, 4) is 16.9 Å². The standard InChI is InChI=1S/C18H14F6O5S/c1-10-12(9-16(25)28-2)7-13(8-15(10)29-30(26,27)18(22,23)24)11-3-5-14(6-4-11)17(19,20)21/h3-8H,9H2,1-2H3. The summed E-state index contributed by atoms with van der Waals surface area (Å²) in [6.07, 6.45) is -5.03. The zero-order valence-electron chi connectivity index (χ0n) is 15.4. The molecule has 2 aromatic rings. The molecule has 0 aromatic heterocycles. The SMILES string of the molecule is COC(=O)Cc1cc(-c2ccc(C(F)(F)F)cc2)cc(OS(=O)(=O)C(F)(F)F)c1C. The molecular formula is C18H14F6O5S. The van der Waals surface area contributed by atoms with E-state index in [1.807, 2.05) is 0 Å². The van der Waals surface area contributed by atoms with E-state index in [0.29, 0.717) is 0 Å². The van der Waals surface area contributed by atoms with Crippen LogP contribution in [0, 0.1) is 6.92 Å². The van der Waals surface area contributed by atoms with Crippen LogP contribution >= 0.6 is 0 Å². The second-order valence-electron chi connectivity index (χ2n) is 6.07. The summed E-state index contributed by atoms with van der Waals surface area (Å²) in [5.74, 6) is -1.49. The Kier molecular flexibility index (Phi) is 6.40. The highest BCUT2D eigenvalue weighted by Gasteiger charge is 2.48. The van der Waals surface area contributed by atoms with Crippen molar-refractivity contribution in [3.63, 3.8) is 0 Å². The molecule has 0 saturated heterocycles. The minimum atomic E-state index is -6.01. The fraction of sp³-hybridized carbons (Fsp3) is 0.278. The first-order valence-corrected chi connectivity index (χ1v) is 9.45. The zero-order chi connectivity index (χ0) is 22.9. The number of alkyl halides is 6. The summed E-state index contributed by atoms with van der Waals surface area (Å²) in [4.78, 5) is 11.6. The van der Waals surface area contributed by atoms with Crippen molar-refractivity contribution < 1.29 is 48.5 Å². The van der Waals surface area contributed by atoms with Crippen LogP contribution in [0.15, 0.2) is 36.4 Å². The number of carbonyl (C=O) groups excluding carboxylic acids is 1. The Hall–Kier alpha value is -2.76. The van der Waals surface area contributed by atoms with Gasteiger partial charge < -0.3 is 8.92 Å². The zero-order valence-corrected chi connectivity index (χ0v) is 16.2. The van der Waals surface area contributed by atoms with Crippen molar-refractivity contribution in [1.82, 2.24) is 0 Å². The molecule has 0 unspecified atom stereocenters. The van der Waals surface area contributed by atoms with Crippen molar-refractivity contribution in [2.75, 3.05) is 7.11 Å². The highest BCUT2D eigenvalue weighted by atomic mass is 32.2. The lowest BCUT2D eigenvalue weighted by Crippen LogP contribution is -2.28. The maximum absolute atomic E-state index is 12.7. The van der Waals surface area contributed by atoms with Crippen molar-refractivity contribution in [3.05, 3.63) is 53.1 Å². The van der Waals surface area contributed by atoms with Gasteiger partial charge in [0.1, 0.15) is 5.75 Å². The molecule has 0 bridgehead atoms. The second kappa shape index (κ2) is 8.17. The highest BCUT2D eigenvalue weighted by molar-refractivity contribution is 7.88. The maximum atomic E-state index is 12.7. The molecule has 5 nitrogen and oxygen atoms in total. The largest absolute Gasteiger partial charge is 0.534 e. The Morgan fingerprint density at radius 2 is 1.53 bits per heavy atom. The van der Waals surface area contributed by atoms with Crippen LogP contribution in [0.25, 0.3) is 11.1 Å². The number of benzene rings is 2. The van der Waals surface area contributed by atoms with Gasteiger partial charge in [0.15, 0.2) is 0 Å². The van der Waals surface area contributed by atoms with Gasteiger partial charge in [0.05, 0.1) is 19.1 Å². The van der Waals surface area contributed by atoms with E-state index in [-0.39, 0.29) is 22.3 Å².